The molecule has 0 atom stereocenters. The number of thiazole rings is 1. The molecule has 2 heterocycles. The quantitative estimate of drug-likeness (QED) is 0.509. The van der Waals surface area contributed by atoms with Gasteiger partial charge in [0.25, 0.3) is 0 Å². The number of hydrogen-bond acceptors (Lipinski definition) is 8. The summed E-state index contributed by atoms with van der Waals surface area (Å²) in [7, 11) is 3.30. The molecular formula is C16H18N6O2S2. The third kappa shape index (κ3) is 3.65. The van der Waals surface area contributed by atoms with Gasteiger partial charge < -0.3 is 10.6 Å². The van der Waals surface area contributed by atoms with Crippen molar-refractivity contribution >= 4 is 34.1 Å². The van der Waals surface area contributed by atoms with Crippen LogP contribution in [0, 0.1) is 0 Å². The van der Waals surface area contributed by atoms with E-state index in [4.69, 9.17) is 10.6 Å². The van der Waals surface area contributed by atoms with Gasteiger partial charge in [0, 0.05) is 25.1 Å². The largest absolute Gasteiger partial charge is 0.496 e. The second-order valence-corrected chi connectivity index (χ2v) is 7.14. The Labute approximate surface area is 159 Å². The van der Waals surface area contributed by atoms with Crippen molar-refractivity contribution in [1.82, 2.24) is 19.9 Å². The molecule has 3 rings (SSSR count). The predicted octanol–water partition coefficient (Wildman–Crippen LogP) is 2.40. The number of nitrogen functional groups attached to an aromatic ring is 1. The van der Waals surface area contributed by atoms with Gasteiger partial charge in [0.05, 0.1) is 18.4 Å². The van der Waals surface area contributed by atoms with E-state index < -0.39 is 0 Å². The summed E-state index contributed by atoms with van der Waals surface area (Å²) in [6.07, 6.45) is 0. The molecule has 0 bridgehead atoms. The average molecular weight is 390 g/mol. The highest BCUT2D eigenvalue weighted by Gasteiger charge is 2.16. The second-order valence-electron chi connectivity index (χ2n) is 5.36. The Morgan fingerprint density at radius 2 is 2.15 bits per heavy atom. The fourth-order valence-electron chi connectivity index (χ4n) is 2.18. The highest BCUT2D eigenvalue weighted by Crippen LogP contribution is 2.30. The number of ether oxygens (including phenoxy) is 1. The number of hydrogen-bond donors (Lipinski definition) is 1. The minimum Gasteiger partial charge on any atom is -0.496 e. The number of aromatic nitrogens is 4. The van der Waals surface area contributed by atoms with Gasteiger partial charge in [-0.3, -0.25) is 9.69 Å². The van der Waals surface area contributed by atoms with Gasteiger partial charge >= 0.3 is 0 Å². The van der Waals surface area contributed by atoms with Crippen LogP contribution in [0.15, 0.2) is 34.8 Å². The molecule has 0 spiro atoms. The Bertz CT molecular complexity index is 923. The minimum absolute atomic E-state index is 0.0540. The molecule has 1 aromatic carbocycles. The number of rotatable bonds is 6. The Morgan fingerprint density at radius 1 is 1.38 bits per heavy atom. The fourth-order valence-corrected chi connectivity index (χ4v) is 3.87. The smallest absolute Gasteiger partial charge is 0.225 e. The third-order valence-electron chi connectivity index (χ3n) is 3.66. The Morgan fingerprint density at radius 3 is 2.88 bits per heavy atom. The van der Waals surface area contributed by atoms with Gasteiger partial charge in [0.15, 0.2) is 11.0 Å². The van der Waals surface area contributed by atoms with Crippen LogP contribution in [0.5, 0.6) is 5.75 Å². The summed E-state index contributed by atoms with van der Waals surface area (Å²) >= 11 is 2.85. The van der Waals surface area contributed by atoms with Crippen molar-refractivity contribution in [3.05, 3.63) is 35.3 Å². The van der Waals surface area contributed by atoms with Gasteiger partial charge in [-0.1, -0.05) is 23.9 Å². The summed E-state index contributed by atoms with van der Waals surface area (Å²) in [4.78, 5) is 17.4. The first-order valence-corrected chi connectivity index (χ1v) is 9.53. The van der Waals surface area contributed by atoms with Crippen molar-refractivity contribution in [3.63, 3.8) is 0 Å². The first-order chi connectivity index (χ1) is 12.5. The summed E-state index contributed by atoms with van der Waals surface area (Å²) < 4.78 is 6.80. The maximum atomic E-state index is 11.4. The zero-order chi connectivity index (χ0) is 18.7. The molecule has 0 saturated carbocycles. The summed E-state index contributed by atoms with van der Waals surface area (Å²) in [6, 6.07) is 7.50. The molecule has 0 fully saturated rings. The highest BCUT2D eigenvalue weighted by molar-refractivity contribution is 7.98. The number of nitrogens with zero attached hydrogens (tertiary/aromatic N) is 5. The first-order valence-electron chi connectivity index (χ1n) is 7.66. The summed E-state index contributed by atoms with van der Waals surface area (Å²) in [6.45, 7) is 1.51. The van der Waals surface area contributed by atoms with Crippen molar-refractivity contribution in [2.75, 3.05) is 24.9 Å². The normalized spacial score (nSPS) is 10.7. The molecule has 1 amide bonds. The Hall–Kier alpha value is -2.59. The van der Waals surface area contributed by atoms with E-state index in [0.29, 0.717) is 27.6 Å². The number of carbonyl (C=O) groups excluding carboxylic acids is 1. The zero-order valence-electron chi connectivity index (χ0n) is 14.5. The lowest BCUT2D eigenvalue weighted by Gasteiger charge is -2.09. The van der Waals surface area contributed by atoms with E-state index in [1.807, 2.05) is 29.6 Å². The van der Waals surface area contributed by atoms with Gasteiger partial charge in [-0.05, 0) is 12.1 Å². The van der Waals surface area contributed by atoms with E-state index in [1.165, 1.54) is 39.6 Å². The number of benzene rings is 1. The van der Waals surface area contributed by atoms with Crippen molar-refractivity contribution in [3.8, 4) is 17.1 Å². The van der Waals surface area contributed by atoms with Crippen LogP contribution >= 0.6 is 23.1 Å². The van der Waals surface area contributed by atoms with Gasteiger partial charge in [-0.2, -0.15) is 0 Å². The number of nitrogens with two attached hydrogens (primary N) is 1. The molecule has 10 heteroatoms. The van der Waals surface area contributed by atoms with Crippen LogP contribution in [0.1, 0.15) is 12.6 Å². The predicted molar refractivity (Wildman–Crippen MR) is 103 cm³/mol. The monoisotopic (exact) mass is 390 g/mol. The van der Waals surface area contributed by atoms with Crippen LogP contribution in [0.25, 0.3) is 11.4 Å². The zero-order valence-corrected chi connectivity index (χ0v) is 16.2. The molecule has 2 N–H and O–H groups in total. The maximum Gasteiger partial charge on any atom is 0.225 e. The van der Waals surface area contributed by atoms with Crippen LogP contribution in [0.2, 0.25) is 0 Å². The van der Waals surface area contributed by atoms with E-state index in [-0.39, 0.29) is 5.91 Å². The molecule has 0 unspecified atom stereocenters. The number of anilines is 1. The highest BCUT2D eigenvalue weighted by atomic mass is 32.2. The average Bonchev–Trinajstić information content (AvgIpc) is 3.26. The molecule has 0 radical (unpaired) electrons. The number of carbonyl (C=O) groups is 1. The molecule has 0 saturated heterocycles. The Balaban J connectivity index is 1.74. The second kappa shape index (κ2) is 7.75. The molecule has 2 aromatic heterocycles. The van der Waals surface area contributed by atoms with Gasteiger partial charge in [0.1, 0.15) is 5.75 Å². The number of para-hydroxylation sites is 1. The minimum atomic E-state index is -0.0540. The van der Waals surface area contributed by atoms with Crippen molar-refractivity contribution in [1.29, 1.82) is 0 Å². The van der Waals surface area contributed by atoms with Crippen molar-refractivity contribution < 1.29 is 9.53 Å². The molecule has 3 aromatic rings. The lowest BCUT2D eigenvalue weighted by atomic mass is 10.2. The molecule has 136 valence electrons. The lowest BCUT2D eigenvalue weighted by molar-refractivity contribution is -0.116. The standard InChI is InChI=1S/C16H18N6O2S2/c1-10(23)21(2)15-18-11(8-25-15)9-26-16-20-19-14(22(16)17)12-6-4-5-7-13(12)24-3/h4-8H,9,17H2,1-3H3. The topological polar surface area (TPSA) is 99.2 Å². The first kappa shape index (κ1) is 18.2. The molecule has 0 aliphatic rings. The van der Waals surface area contributed by atoms with E-state index in [2.05, 4.69) is 15.2 Å². The van der Waals surface area contributed by atoms with Gasteiger partial charge in [0.2, 0.25) is 11.1 Å². The van der Waals surface area contributed by atoms with Gasteiger partial charge in [-0.15, -0.1) is 21.5 Å². The molecular weight excluding hydrogens is 372 g/mol. The maximum absolute atomic E-state index is 11.4. The fraction of sp³-hybridized carbons (Fsp3) is 0.250. The van der Waals surface area contributed by atoms with E-state index in [9.17, 15) is 4.79 Å². The lowest BCUT2D eigenvalue weighted by Crippen LogP contribution is -2.22. The summed E-state index contributed by atoms with van der Waals surface area (Å²) in [5.41, 5.74) is 1.63. The van der Waals surface area contributed by atoms with Crippen LogP contribution in [-0.2, 0) is 10.5 Å². The molecule has 0 aliphatic carbocycles. The Kier molecular flexibility index (Phi) is 5.43. The van der Waals surface area contributed by atoms with Crippen LogP contribution in [0.4, 0.5) is 5.13 Å². The number of amides is 1. The molecule has 8 nitrogen and oxygen atoms in total. The van der Waals surface area contributed by atoms with Gasteiger partial charge in [-0.25, -0.2) is 9.66 Å². The molecule has 26 heavy (non-hydrogen) atoms. The van der Waals surface area contributed by atoms with E-state index in [1.54, 1.807) is 14.2 Å². The SMILES string of the molecule is COc1ccccc1-c1nnc(SCc2csc(N(C)C(C)=O)n2)n1N. The summed E-state index contributed by atoms with van der Waals surface area (Å²) in [5.74, 6) is 7.89. The van der Waals surface area contributed by atoms with E-state index >= 15 is 0 Å². The number of methoxy groups -OCH3 is 1. The van der Waals surface area contributed by atoms with Crippen LogP contribution in [-0.4, -0.2) is 39.9 Å². The van der Waals surface area contributed by atoms with E-state index in [0.717, 1.165) is 11.3 Å². The molecule has 0 aliphatic heterocycles. The van der Waals surface area contributed by atoms with Crippen LogP contribution in [0.3, 0.4) is 0 Å². The number of thioether (sulfide) groups is 1. The van der Waals surface area contributed by atoms with Crippen LogP contribution < -0.4 is 15.5 Å². The third-order valence-corrected chi connectivity index (χ3v) is 5.60. The van der Waals surface area contributed by atoms with Crippen molar-refractivity contribution in [2.45, 2.75) is 17.8 Å². The summed E-state index contributed by atoms with van der Waals surface area (Å²) in [5, 5.41) is 11.5. The van der Waals surface area contributed by atoms with Crippen molar-refractivity contribution in [2.24, 2.45) is 0 Å².